The fourth-order valence-electron chi connectivity index (χ4n) is 1.50. The highest BCUT2D eigenvalue weighted by molar-refractivity contribution is 5.76. The highest BCUT2D eigenvalue weighted by Crippen LogP contribution is 2.17. The topological polar surface area (TPSA) is 46.5 Å². The van der Waals surface area contributed by atoms with Gasteiger partial charge in [0.15, 0.2) is 0 Å². The minimum absolute atomic E-state index is 0.0247. The summed E-state index contributed by atoms with van der Waals surface area (Å²) in [5, 5.41) is 9.50. The van der Waals surface area contributed by atoms with Gasteiger partial charge in [0, 0.05) is 13.0 Å². The Hall–Kier alpha value is -0.410. The van der Waals surface area contributed by atoms with Gasteiger partial charge >= 0.3 is 0 Å². The van der Waals surface area contributed by atoms with E-state index in [1.165, 1.54) is 6.92 Å². The molecular formula is C9H16O3. The van der Waals surface area contributed by atoms with Crippen LogP contribution in [0.25, 0.3) is 0 Å². The zero-order valence-corrected chi connectivity index (χ0v) is 7.45. The van der Waals surface area contributed by atoms with Crippen LogP contribution in [-0.4, -0.2) is 29.7 Å². The lowest BCUT2D eigenvalue weighted by Gasteiger charge is -2.26. The van der Waals surface area contributed by atoms with E-state index in [4.69, 9.17) is 4.74 Å². The van der Waals surface area contributed by atoms with Crippen molar-refractivity contribution >= 4 is 5.78 Å². The van der Waals surface area contributed by atoms with Gasteiger partial charge in [-0.15, -0.1) is 0 Å². The van der Waals surface area contributed by atoms with Crippen molar-refractivity contribution in [2.24, 2.45) is 0 Å². The minimum Gasteiger partial charge on any atom is -0.390 e. The van der Waals surface area contributed by atoms with Crippen LogP contribution in [0, 0.1) is 0 Å². The highest BCUT2D eigenvalue weighted by atomic mass is 16.5. The first-order valence-electron chi connectivity index (χ1n) is 4.49. The normalized spacial score (nSPS) is 26.7. The van der Waals surface area contributed by atoms with Crippen molar-refractivity contribution in [3.63, 3.8) is 0 Å². The van der Waals surface area contributed by atoms with Gasteiger partial charge in [-0.25, -0.2) is 0 Å². The van der Waals surface area contributed by atoms with E-state index in [1.54, 1.807) is 0 Å². The SMILES string of the molecule is CC(=O)CC(O)C1CCCCO1. The third kappa shape index (κ3) is 2.91. The Morgan fingerprint density at radius 2 is 2.42 bits per heavy atom. The summed E-state index contributed by atoms with van der Waals surface area (Å²) in [5.74, 6) is 0.0247. The van der Waals surface area contributed by atoms with Gasteiger partial charge in [-0.05, 0) is 26.2 Å². The van der Waals surface area contributed by atoms with E-state index >= 15 is 0 Å². The van der Waals surface area contributed by atoms with Crippen LogP contribution in [0.1, 0.15) is 32.6 Å². The lowest BCUT2D eigenvalue weighted by atomic mass is 10.0. The molecule has 0 aromatic carbocycles. The van der Waals surface area contributed by atoms with Crippen LogP contribution in [0.4, 0.5) is 0 Å². The number of aliphatic hydroxyl groups is 1. The third-order valence-electron chi connectivity index (χ3n) is 2.14. The molecule has 1 fully saturated rings. The number of ether oxygens (including phenoxy) is 1. The first-order chi connectivity index (χ1) is 5.70. The van der Waals surface area contributed by atoms with E-state index in [0.29, 0.717) is 0 Å². The smallest absolute Gasteiger partial charge is 0.132 e. The van der Waals surface area contributed by atoms with Gasteiger partial charge in [0.2, 0.25) is 0 Å². The van der Waals surface area contributed by atoms with E-state index in [1.807, 2.05) is 0 Å². The molecule has 1 N–H and O–H groups in total. The molecule has 0 aliphatic carbocycles. The standard InChI is InChI=1S/C9H16O3/c1-7(10)6-8(11)9-4-2-3-5-12-9/h8-9,11H,2-6H2,1H3. The summed E-state index contributed by atoms with van der Waals surface area (Å²) < 4.78 is 5.34. The van der Waals surface area contributed by atoms with Crippen molar-refractivity contribution < 1.29 is 14.6 Å². The quantitative estimate of drug-likeness (QED) is 0.687. The first-order valence-corrected chi connectivity index (χ1v) is 4.49. The average molecular weight is 172 g/mol. The molecule has 0 bridgehead atoms. The van der Waals surface area contributed by atoms with Crippen LogP contribution in [0.3, 0.4) is 0 Å². The Balaban J connectivity index is 2.29. The van der Waals surface area contributed by atoms with Crippen LogP contribution in [-0.2, 0) is 9.53 Å². The molecule has 3 heteroatoms. The number of carbonyl (C=O) groups excluding carboxylic acids is 1. The molecule has 0 amide bonds. The lowest BCUT2D eigenvalue weighted by molar-refractivity contribution is -0.123. The van der Waals surface area contributed by atoms with E-state index in [2.05, 4.69) is 0 Å². The maximum Gasteiger partial charge on any atom is 0.132 e. The van der Waals surface area contributed by atoms with Gasteiger partial charge in [0.05, 0.1) is 12.2 Å². The van der Waals surface area contributed by atoms with Crippen molar-refractivity contribution in [3.05, 3.63) is 0 Å². The molecule has 0 aromatic heterocycles. The molecule has 0 radical (unpaired) electrons. The molecule has 2 unspecified atom stereocenters. The molecule has 1 aliphatic rings. The van der Waals surface area contributed by atoms with Gasteiger partial charge in [0.1, 0.15) is 5.78 Å². The van der Waals surface area contributed by atoms with Crippen molar-refractivity contribution in [1.29, 1.82) is 0 Å². The Labute approximate surface area is 72.7 Å². The summed E-state index contributed by atoms with van der Waals surface area (Å²) >= 11 is 0. The number of hydrogen-bond donors (Lipinski definition) is 1. The molecule has 1 rings (SSSR count). The maximum atomic E-state index is 10.7. The molecule has 2 atom stereocenters. The number of aliphatic hydroxyl groups excluding tert-OH is 1. The molecule has 70 valence electrons. The monoisotopic (exact) mass is 172 g/mol. The fraction of sp³-hybridized carbons (Fsp3) is 0.889. The number of Topliss-reactive ketones (excluding diaryl/α,β-unsaturated/α-hetero) is 1. The largest absolute Gasteiger partial charge is 0.390 e. The zero-order chi connectivity index (χ0) is 8.97. The van der Waals surface area contributed by atoms with Crippen LogP contribution < -0.4 is 0 Å². The Kier molecular flexibility index (Phi) is 3.69. The van der Waals surface area contributed by atoms with E-state index < -0.39 is 6.10 Å². The Morgan fingerprint density at radius 1 is 1.67 bits per heavy atom. The molecule has 1 heterocycles. The van der Waals surface area contributed by atoms with Gasteiger partial charge < -0.3 is 9.84 Å². The predicted molar refractivity (Wildman–Crippen MR) is 44.9 cm³/mol. The van der Waals surface area contributed by atoms with Crippen LogP contribution >= 0.6 is 0 Å². The van der Waals surface area contributed by atoms with E-state index in [-0.39, 0.29) is 18.3 Å². The van der Waals surface area contributed by atoms with Gasteiger partial charge in [0.25, 0.3) is 0 Å². The number of carbonyl (C=O) groups is 1. The summed E-state index contributed by atoms with van der Waals surface area (Å²) in [4.78, 5) is 10.7. The molecule has 1 saturated heterocycles. The average Bonchev–Trinajstić information content (AvgIpc) is 2.05. The van der Waals surface area contributed by atoms with Crippen molar-refractivity contribution in [2.75, 3.05) is 6.61 Å². The number of rotatable bonds is 3. The molecule has 1 aliphatic heterocycles. The fourth-order valence-corrected chi connectivity index (χ4v) is 1.50. The predicted octanol–water partition coefficient (Wildman–Crippen LogP) is 0.895. The van der Waals surface area contributed by atoms with Crippen LogP contribution in [0.2, 0.25) is 0 Å². The summed E-state index contributed by atoms with van der Waals surface area (Å²) in [5.41, 5.74) is 0. The zero-order valence-electron chi connectivity index (χ0n) is 7.45. The van der Waals surface area contributed by atoms with Crippen LogP contribution in [0.5, 0.6) is 0 Å². The maximum absolute atomic E-state index is 10.7. The molecule has 3 nitrogen and oxygen atoms in total. The van der Waals surface area contributed by atoms with Crippen molar-refractivity contribution in [3.8, 4) is 0 Å². The lowest BCUT2D eigenvalue weighted by Crippen LogP contribution is -2.33. The van der Waals surface area contributed by atoms with E-state index in [9.17, 15) is 9.90 Å². The number of hydrogen-bond acceptors (Lipinski definition) is 3. The second-order valence-corrected chi connectivity index (χ2v) is 3.38. The molecular weight excluding hydrogens is 156 g/mol. The second-order valence-electron chi connectivity index (χ2n) is 3.38. The number of ketones is 1. The van der Waals surface area contributed by atoms with Gasteiger partial charge in [-0.1, -0.05) is 0 Å². The molecule has 12 heavy (non-hydrogen) atoms. The second kappa shape index (κ2) is 4.58. The van der Waals surface area contributed by atoms with Crippen molar-refractivity contribution in [2.45, 2.75) is 44.8 Å². The summed E-state index contributed by atoms with van der Waals surface area (Å²) in [6, 6.07) is 0. The summed E-state index contributed by atoms with van der Waals surface area (Å²) in [7, 11) is 0. The van der Waals surface area contributed by atoms with Crippen molar-refractivity contribution in [1.82, 2.24) is 0 Å². The molecule has 0 saturated carbocycles. The minimum atomic E-state index is -0.595. The summed E-state index contributed by atoms with van der Waals surface area (Å²) in [6.07, 6.45) is 2.58. The Bertz CT molecular complexity index is 150. The van der Waals surface area contributed by atoms with Crippen LogP contribution in [0.15, 0.2) is 0 Å². The van der Waals surface area contributed by atoms with E-state index in [0.717, 1.165) is 25.9 Å². The van der Waals surface area contributed by atoms with Gasteiger partial charge in [-0.2, -0.15) is 0 Å². The summed E-state index contributed by atoms with van der Waals surface area (Å²) in [6.45, 7) is 2.21. The molecule has 0 aromatic rings. The van der Waals surface area contributed by atoms with Gasteiger partial charge in [-0.3, -0.25) is 4.79 Å². The Morgan fingerprint density at radius 3 is 2.92 bits per heavy atom. The first kappa shape index (κ1) is 9.68. The highest BCUT2D eigenvalue weighted by Gasteiger charge is 2.23. The third-order valence-corrected chi connectivity index (χ3v) is 2.14. The molecule has 0 spiro atoms.